The summed E-state index contributed by atoms with van der Waals surface area (Å²) in [5, 5.41) is 1.19. The van der Waals surface area contributed by atoms with Gasteiger partial charge in [-0.3, -0.25) is 4.79 Å². The molecule has 222 valence electrons. The van der Waals surface area contributed by atoms with E-state index in [1.165, 1.54) is 32.0 Å². The normalized spacial score (nSPS) is 12.2. The molecule has 7 aromatic carbocycles. The molecule has 0 saturated heterocycles. The molecule has 0 N–H and O–H groups in total. The molecule has 3 nitrogen and oxygen atoms in total. The van der Waals surface area contributed by atoms with Crippen LogP contribution in [0.3, 0.4) is 0 Å². The molecule has 1 aliphatic heterocycles. The molecule has 47 heavy (non-hydrogen) atoms. The van der Waals surface area contributed by atoms with Crippen molar-refractivity contribution >= 4 is 50.8 Å². The van der Waals surface area contributed by atoms with E-state index in [1.54, 1.807) is 0 Å². The predicted octanol–water partition coefficient (Wildman–Crippen LogP) is 11.9. The van der Waals surface area contributed by atoms with Crippen molar-refractivity contribution < 1.29 is 4.42 Å². The van der Waals surface area contributed by atoms with Crippen molar-refractivity contribution in [1.29, 1.82) is 0 Å². The van der Waals surface area contributed by atoms with Gasteiger partial charge >= 0.3 is 0 Å². The average Bonchev–Trinajstić information content (AvgIpc) is 3.13. The first-order chi connectivity index (χ1) is 23.2. The largest absolute Gasteiger partial charge is 0.456 e. The van der Waals surface area contributed by atoms with Gasteiger partial charge in [-0.2, -0.15) is 0 Å². The number of hydrogen-bond acceptors (Lipinski definition) is 4. The Labute approximate surface area is 276 Å². The third-order valence-corrected chi connectivity index (χ3v) is 10.1. The highest BCUT2D eigenvalue weighted by molar-refractivity contribution is 7.99. The van der Waals surface area contributed by atoms with Crippen LogP contribution in [-0.2, 0) is 0 Å². The summed E-state index contributed by atoms with van der Waals surface area (Å²) in [6.07, 6.45) is 0. The first-order valence-corrected chi connectivity index (χ1v) is 16.5. The van der Waals surface area contributed by atoms with E-state index in [1.807, 2.05) is 54.2 Å². The molecule has 0 unspecified atom stereocenters. The third kappa shape index (κ3) is 4.65. The van der Waals surface area contributed by atoms with E-state index in [9.17, 15) is 4.79 Å². The number of benzene rings is 7. The number of fused-ring (bicyclic) bond motifs is 8. The molecule has 0 saturated carbocycles. The van der Waals surface area contributed by atoms with Crippen LogP contribution in [0.1, 0.15) is 0 Å². The fourth-order valence-corrected chi connectivity index (χ4v) is 7.77. The molecule has 0 aliphatic carbocycles. The number of rotatable bonds is 2. The highest BCUT2D eigenvalue weighted by Gasteiger charge is 2.24. The van der Waals surface area contributed by atoms with Crippen LogP contribution in [0.2, 0.25) is 0 Å². The molecule has 0 atom stereocenters. The third-order valence-electron chi connectivity index (χ3n) is 8.90. The number of hydrogen-bond donors (Lipinski definition) is 0. The minimum Gasteiger partial charge on any atom is -0.456 e. The number of anilines is 3. The van der Waals surface area contributed by atoms with E-state index in [2.05, 4.69) is 126 Å². The zero-order chi connectivity index (χ0) is 31.3. The first-order valence-electron chi connectivity index (χ1n) is 15.6. The molecule has 1 aliphatic rings. The molecule has 9 rings (SSSR count). The van der Waals surface area contributed by atoms with Crippen molar-refractivity contribution in [3.05, 3.63) is 174 Å². The summed E-state index contributed by atoms with van der Waals surface area (Å²) in [5.41, 5.74) is 11.2. The zero-order valence-corrected chi connectivity index (χ0v) is 26.1. The van der Waals surface area contributed by atoms with Gasteiger partial charge in [-0.25, -0.2) is 0 Å². The van der Waals surface area contributed by atoms with Gasteiger partial charge in [-0.15, -0.1) is 0 Å². The molecule has 0 radical (unpaired) electrons. The Kier molecular flexibility index (Phi) is 6.54. The van der Waals surface area contributed by atoms with Crippen LogP contribution >= 0.6 is 11.8 Å². The standard InChI is InChI=1S/C43H27NO2S/c45-43-35-15-3-8-18-39(35)46-40-27-29(23-26-36(40)43)28-21-24-30(25-22-28)44-37-16-6-1-11-31(37)33-13-4-9-19-41(33)47-42-20-10-5-14-34(42)32-12-2-7-17-38(32)44/h1-27H. The molecule has 1 aromatic heterocycles. The maximum Gasteiger partial charge on any atom is 0.200 e. The van der Waals surface area contributed by atoms with Gasteiger partial charge in [0.25, 0.3) is 0 Å². The van der Waals surface area contributed by atoms with Crippen molar-refractivity contribution in [2.24, 2.45) is 0 Å². The summed E-state index contributed by atoms with van der Waals surface area (Å²) >= 11 is 1.82. The van der Waals surface area contributed by atoms with Crippen molar-refractivity contribution in [2.45, 2.75) is 9.79 Å². The maximum atomic E-state index is 13.1. The van der Waals surface area contributed by atoms with Gasteiger partial charge in [0.05, 0.1) is 22.1 Å². The molecule has 2 heterocycles. The summed E-state index contributed by atoms with van der Waals surface area (Å²) < 4.78 is 6.18. The second-order valence-corrected chi connectivity index (χ2v) is 12.7. The van der Waals surface area contributed by atoms with Crippen molar-refractivity contribution in [3.63, 3.8) is 0 Å². The lowest BCUT2D eigenvalue weighted by Crippen LogP contribution is -2.13. The van der Waals surface area contributed by atoms with Crippen LogP contribution in [0.5, 0.6) is 0 Å². The SMILES string of the molecule is O=c1c2ccccc2oc2cc(-c3ccc(N4c5ccccc5-c5ccccc5Sc5ccccc5-c5ccccc54)cc3)ccc12. The lowest BCUT2D eigenvalue weighted by molar-refractivity contribution is 0.660. The van der Waals surface area contributed by atoms with Crippen LogP contribution in [0, 0.1) is 0 Å². The Morgan fingerprint density at radius 1 is 0.447 bits per heavy atom. The minimum atomic E-state index is -0.00794. The van der Waals surface area contributed by atoms with Gasteiger partial charge in [-0.05, 0) is 82.9 Å². The Morgan fingerprint density at radius 2 is 0.957 bits per heavy atom. The zero-order valence-electron chi connectivity index (χ0n) is 25.3. The fourth-order valence-electron chi connectivity index (χ4n) is 6.66. The second kappa shape index (κ2) is 11.2. The topological polar surface area (TPSA) is 33.5 Å². The quantitative estimate of drug-likeness (QED) is 0.180. The predicted molar refractivity (Wildman–Crippen MR) is 195 cm³/mol. The molecule has 0 spiro atoms. The van der Waals surface area contributed by atoms with E-state index in [0.29, 0.717) is 21.9 Å². The van der Waals surface area contributed by atoms with E-state index in [4.69, 9.17) is 4.42 Å². The summed E-state index contributed by atoms with van der Waals surface area (Å²) in [7, 11) is 0. The highest BCUT2D eigenvalue weighted by Crippen LogP contribution is 2.50. The van der Waals surface area contributed by atoms with Crippen molar-refractivity contribution in [2.75, 3.05) is 4.90 Å². The number of nitrogens with zero attached hydrogens (tertiary/aromatic N) is 1. The van der Waals surface area contributed by atoms with Crippen LogP contribution in [-0.4, -0.2) is 0 Å². The van der Waals surface area contributed by atoms with E-state index >= 15 is 0 Å². The maximum absolute atomic E-state index is 13.1. The Hall–Kier alpha value is -5.84. The van der Waals surface area contributed by atoms with Crippen LogP contribution in [0.25, 0.3) is 55.3 Å². The smallest absolute Gasteiger partial charge is 0.200 e. The van der Waals surface area contributed by atoms with Crippen molar-refractivity contribution in [1.82, 2.24) is 0 Å². The van der Waals surface area contributed by atoms with Crippen LogP contribution in [0.15, 0.2) is 183 Å². The summed E-state index contributed by atoms with van der Waals surface area (Å²) in [6, 6.07) is 56.6. The summed E-state index contributed by atoms with van der Waals surface area (Å²) in [4.78, 5) is 18.0. The summed E-state index contributed by atoms with van der Waals surface area (Å²) in [6.45, 7) is 0. The van der Waals surface area contributed by atoms with E-state index < -0.39 is 0 Å². The highest BCUT2D eigenvalue weighted by atomic mass is 32.2. The molecule has 0 bridgehead atoms. The van der Waals surface area contributed by atoms with E-state index in [-0.39, 0.29) is 5.43 Å². The minimum absolute atomic E-state index is 0.00794. The first kappa shape index (κ1) is 27.5. The Balaban J connectivity index is 1.23. The Morgan fingerprint density at radius 3 is 1.62 bits per heavy atom. The van der Waals surface area contributed by atoms with Gasteiger partial charge in [0.1, 0.15) is 11.2 Å². The summed E-state index contributed by atoms with van der Waals surface area (Å²) in [5.74, 6) is 0. The van der Waals surface area contributed by atoms with Gasteiger partial charge in [0.2, 0.25) is 5.43 Å². The lowest BCUT2D eigenvalue weighted by atomic mass is 9.98. The monoisotopic (exact) mass is 621 g/mol. The average molecular weight is 622 g/mol. The van der Waals surface area contributed by atoms with Crippen LogP contribution in [0.4, 0.5) is 17.1 Å². The van der Waals surface area contributed by atoms with Crippen LogP contribution < -0.4 is 10.3 Å². The fraction of sp³-hybridized carbons (Fsp3) is 0. The van der Waals surface area contributed by atoms with Gasteiger partial charge in [0, 0.05) is 26.6 Å². The molecule has 0 amide bonds. The molecule has 4 heteroatoms. The molecule has 0 fully saturated rings. The van der Waals surface area contributed by atoms with E-state index in [0.717, 1.165) is 28.2 Å². The number of para-hydroxylation sites is 3. The van der Waals surface area contributed by atoms with Gasteiger partial charge in [0.15, 0.2) is 0 Å². The van der Waals surface area contributed by atoms with Crippen molar-refractivity contribution in [3.8, 4) is 33.4 Å². The molecule has 8 aromatic rings. The van der Waals surface area contributed by atoms with Gasteiger partial charge in [-0.1, -0.05) is 115 Å². The molecular weight excluding hydrogens is 595 g/mol. The van der Waals surface area contributed by atoms with Gasteiger partial charge < -0.3 is 9.32 Å². The Bertz CT molecular complexity index is 2440. The molecular formula is C43H27NO2S. The second-order valence-electron chi connectivity index (χ2n) is 11.6. The lowest BCUT2D eigenvalue weighted by Gasteiger charge is -2.31.